The first-order chi connectivity index (χ1) is 18.5. The van der Waals surface area contributed by atoms with Crippen molar-refractivity contribution in [1.29, 1.82) is 0 Å². The molecule has 1 unspecified atom stereocenters. The van der Waals surface area contributed by atoms with Gasteiger partial charge in [-0.3, -0.25) is 14.5 Å². The Hall–Kier alpha value is -3.56. The highest BCUT2D eigenvalue weighted by Gasteiger charge is 2.50. The van der Waals surface area contributed by atoms with E-state index in [1.807, 2.05) is 54.3 Å². The van der Waals surface area contributed by atoms with E-state index < -0.39 is 5.54 Å². The molecule has 5 rings (SSSR count). The van der Waals surface area contributed by atoms with Crippen LogP contribution in [0.1, 0.15) is 37.4 Å². The van der Waals surface area contributed by atoms with Crippen LogP contribution in [0.25, 0.3) is 10.9 Å². The van der Waals surface area contributed by atoms with E-state index in [0.717, 1.165) is 54.0 Å². The van der Waals surface area contributed by atoms with Gasteiger partial charge < -0.3 is 24.2 Å². The van der Waals surface area contributed by atoms with Crippen molar-refractivity contribution in [2.24, 2.45) is 0 Å². The quantitative estimate of drug-likeness (QED) is 0.396. The third kappa shape index (κ3) is 5.21. The highest BCUT2D eigenvalue weighted by molar-refractivity contribution is 5.88. The SMILES string of the molecule is CCCC(=O)ONCC(=O)N1CCc2c([nH]c3ccc(OC)cc23)C12CCN(CCOc1ccccc1)C2. The van der Waals surface area contributed by atoms with E-state index in [9.17, 15) is 9.59 Å². The fourth-order valence-electron chi connectivity index (χ4n) is 5.77. The number of aromatic nitrogens is 1. The number of aromatic amines is 1. The molecule has 0 saturated carbocycles. The molecule has 1 atom stereocenters. The second-order valence-corrected chi connectivity index (χ2v) is 9.95. The molecule has 2 aliphatic heterocycles. The van der Waals surface area contributed by atoms with Gasteiger partial charge in [0.1, 0.15) is 24.7 Å². The Morgan fingerprint density at radius 2 is 1.95 bits per heavy atom. The predicted molar refractivity (Wildman–Crippen MR) is 144 cm³/mol. The highest BCUT2D eigenvalue weighted by Crippen LogP contribution is 2.45. The minimum absolute atomic E-state index is 0.0578. The van der Waals surface area contributed by atoms with Crippen molar-refractivity contribution in [3.8, 4) is 11.5 Å². The van der Waals surface area contributed by atoms with Gasteiger partial charge in [0.15, 0.2) is 0 Å². The van der Waals surface area contributed by atoms with Gasteiger partial charge in [0, 0.05) is 49.2 Å². The number of amides is 1. The summed E-state index contributed by atoms with van der Waals surface area (Å²) >= 11 is 0. The van der Waals surface area contributed by atoms with Crippen molar-refractivity contribution in [3.63, 3.8) is 0 Å². The van der Waals surface area contributed by atoms with Crippen LogP contribution < -0.4 is 15.0 Å². The largest absolute Gasteiger partial charge is 0.497 e. The molecule has 1 spiro atoms. The molecular formula is C29H36N4O5. The Morgan fingerprint density at radius 3 is 2.74 bits per heavy atom. The second-order valence-electron chi connectivity index (χ2n) is 9.95. The molecule has 2 N–H and O–H groups in total. The summed E-state index contributed by atoms with van der Waals surface area (Å²) in [4.78, 5) is 38.4. The van der Waals surface area contributed by atoms with Gasteiger partial charge in [-0.25, -0.2) is 0 Å². The van der Waals surface area contributed by atoms with E-state index in [1.165, 1.54) is 5.56 Å². The summed E-state index contributed by atoms with van der Waals surface area (Å²) in [5, 5.41) is 1.14. The number of hydroxylamine groups is 1. The molecule has 9 heteroatoms. The second kappa shape index (κ2) is 11.4. The zero-order valence-corrected chi connectivity index (χ0v) is 22.1. The topological polar surface area (TPSA) is 96.1 Å². The number of nitrogens with one attached hydrogen (secondary N) is 2. The summed E-state index contributed by atoms with van der Waals surface area (Å²) in [6, 6.07) is 15.9. The Bertz CT molecular complexity index is 1280. The van der Waals surface area contributed by atoms with Gasteiger partial charge >= 0.3 is 5.97 Å². The number of benzene rings is 2. The van der Waals surface area contributed by atoms with Crippen molar-refractivity contribution in [1.82, 2.24) is 20.3 Å². The van der Waals surface area contributed by atoms with E-state index in [0.29, 0.717) is 32.5 Å². The van der Waals surface area contributed by atoms with Crippen LogP contribution in [-0.4, -0.2) is 73.1 Å². The molecule has 1 fully saturated rings. The molecule has 0 bridgehead atoms. The van der Waals surface area contributed by atoms with Gasteiger partial charge in [0.05, 0.1) is 12.6 Å². The summed E-state index contributed by atoms with van der Waals surface area (Å²) in [6.07, 6.45) is 2.55. The summed E-state index contributed by atoms with van der Waals surface area (Å²) in [6.45, 7) is 5.32. The summed E-state index contributed by atoms with van der Waals surface area (Å²) < 4.78 is 11.4. The average molecular weight is 521 g/mol. The minimum atomic E-state index is -0.501. The number of para-hydroxylation sites is 1. The highest BCUT2D eigenvalue weighted by atomic mass is 16.7. The number of H-pyrrole nitrogens is 1. The molecule has 0 radical (unpaired) electrons. The zero-order valence-electron chi connectivity index (χ0n) is 22.1. The first-order valence-electron chi connectivity index (χ1n) is 13.4. The lowest BCUT2D eigenvalue weighted by atomic mass is 9.83. The van der Waals surface area contributed by atoms with Crippen molar-refractivity contribution in [3.05, 3.63) is 59.8 Å². The van der Waals surface area contributed by atoms with Crippen LogP contribution in [0.5, 0.6) is 11.5 Å². The van der Waals surface area contributed by atoms with Crippen molar-refractivity contribution < 1.29 is 23.9 Å². The standard InChI is InChI=1S/C29H36N4O5/c1-3-7-27(35)38-30-19-26(34)33-14-12-23-24-18-22(36-2)10-11-25(24)31-28(23)29(33)13-15-32(20-29)16-17-37-21-8-5-4-6-9-21/h4-6,8-11,18,30-31H,3,7,12-17,19-20H2,1-2H3. The summed E-state index contributed by atoms with van der Waals surface area (Å²) in [7, 11) is 1.68. The Kier molecular flexibility index (Phi) is 7.85. The maximum atomic E-state index is 13.5. The van der Waals surface area contributed by atoms with Gasteiger partial charge in [-0.15, -0.1) is 5.48 Å². The predicted octanol–water partition coefficient (Wildman–Crippen LogP) is 3.39. The first kappa shape index (κ1) is 26.1. The number of methoxy groups -OCH3 is 1. The molecule has 38 heavy (non-hydrogen) atoms. The lowest BCUT2D eigenvalue weighted by Gasteiger charge is -2.45. The van der Waals surface area contributed by atoms with Crippen molar-refractivity contribution >= 4 is 22.8 Å². The third-order valence-electron chi connectivity index (χ3n) is 7.59. The summed E-state index contributed by atoms with van der Waals surface area (Å²) in [5.74, 6) is 1.23. The smallest absolute Gasteiger partial charge is 0.324 e. The van der Waals surface area contributed by atoms with Crippen molar-refractivity contribution in [2.45, 2.75) is 38.1 Å². The fraction of sp³-hybridized carbons (Fsp3) is 0.448. The van der Waals surface area contributed by atoms with E-state index in [4.69, 9.17) is 14.3 Å². The fourth-order valence-corrected chi connectivity index (χ4v) is 5.77. The van der Waals surface area contributed by atoms with Gasteiger partial charge in [0.25, 0.3) is 0 Å². The van der Waals surface area contributed by atoms with Crippen LogP contribution in [0.15, 0.2) is 48.5 Å². The van der Waals surface area contributed by atoms with E-state index in [-0.39, 0.29) is 18.4 Å². The van der Waals surface area contributed by atoms with E-state index in [1.54, 1.807) is 7.11 Å². The van der Waals surface area contributed by atoms with Gasteiger partial charge in [-0.1, -0.05) is 25.1 Å². The first-order valence-corrected chi connectivity index (χ1v) is 13.4. The lowest BCUT2D eigenvalue weighted by molar-refractivity contribution is -0.154. The molecule has 2 aromatic carbocycles. The molecular weight excluding hydrogens is 484 g/mol. The Labute approximate surface area is 223 Å². The maximum Gasteiger partial charge on any atom is 0.324 e. The Balaban J connectivity index is 1.37. The lowest BCUT2D eigenvalue weighted by Crippen LogP contribution is -2.57. The normalized spacial score (nSPS) is 19.1. The minimum Gasteiger partial charge on any atom is -0.497 e. The van der Waals surface area contributed by atoms with Crippen LogP contribution in [0.4, 0.5) is 0 Å². The van der Waals surface area contributed by atoms with Crippen LogP contribution in [0.3, 0.4) is 0 Å². The maximum absolute atomic E-state index is 13.5. The molecule has 9 nitrogen and oxygen atoms in total. The number of rotatable bonds is 10. The van der Waals surface area contributed by atoms with Crippen molar-refractivity contribution in [2.75, 3.05) is 46.4 Å². The van der Waals surface area contributed by atoms with E-state index in [2.05, 4.69) is 21.4 Å². The van der Waals surface area contributed by atoms with Gasteiger partial charge in [-0.05, 0) is 55.2 Å². The average Bonchev–Trinajstić information content (AvgIpc) is 3.52. The number of ether oxygens (including phenoxy) is 2. The summed E-state index contributed by atoms with van der Waals surface area (Å²) in [5.41, 5.74) is 5.48. The van der Waals surface area contributed by atoms with Crippen LogP contribution in [0.2, 0.25) is 0 Å². The van der Waals surface area contributed by atoms with E-state index >= 15 is 0 Å². The van der Waals surface area contributed by atoms with Crippen LogP contribution in [0, 0.1) is 0 Å². The number of nitrogens with zero attached hydrogens (tertiary/aromatic N) is 2. The molecule has 1 amide bonds. The van der Waals surface area contributed by atoms with Crippen LogP contribution >= 0.6 is 0 Å². The van der Waals surface area contributed by atoms with Gasteiger partial charge in [-0.2, -0.15) is 0 Å². The third-order valence-corrected chi connectivity index (χ3v) is 7.59. The molecule has 1 saturated heterocycles. The molecule has 2 aliphatic rings. The van der Waals surface area contributed by atoms with Crippen LogP contribution in [-0.2, 0) is 26.4 Å². The molecule has 1 aromatic heterocycles. The number of likely N-dealkylation sites (tertiary alicyclic amines) is 1. The molecule has 0 aliphatic carbocycles. The van der Waals surface area contributed by atoms with Gasteiger partial charge in [0.2, 0.25) is 5.91 Å². The number of hydrogen-bond acceptors (Lipinski definition) is 7. The molecule has 202 valence electrons. The number of carbonyl (C=O) groups excluding carboxylic acids is 2. The Morgan fingerprint density at radius 1 is 1.11 bits per heavy atom. The zero-order chi connectivity index (χ0) is 26.5. The molecule has 3 aromatic rings. The number of hydrogen-bond donors (Lipinski definition) is 2. The molecule has 3 heterocycles. The number of carbonyl (C=O) groups is 2. The number of fused-ring (bicyclic) bond motifs is 4. The monoisotopic (exact) mass is 520 g/mol.